The summed E-state index contributed by atoms with van der Waals surface area (Å²) >= 11 is 6.90. The van der Waals surface area contributed by atoms with Crippen LogP contribution in [0.4, 0.5) is 0 Å². The fourth-order valence-electron chi connectivity index (χ4n) is 2.11. The summed E-state index contributed by atoms with van der Waals surface area (Å²) in [5, 5.41) is 0. The summed E-state index contributed by atoms with van der Waals surface area (Å²) in [5.74, 6) is 0.680. The van der Waals surface area contributed by atoms with Gasteiger partial charge in [-0.1, -0.05) is 0 Å². The van der Waals surface area contributed by atoms with Crippen LogP contribution in [0.5, 0.6) is 5.75 Å². The largest absolute Gasteiger partial charge is 0.481 e. The van der Waals surface area contributed by atoms with Gasteiger partial charge in [0.25, 0.3) is 5.91 Å². The molecule has 2 N–H and O–H groups in total. The number of benzene rings is 1. The van der Waals surface area contributed by atoms with E-state index in [0.29, 0.717) is 18.3 Å². The summed E-state index contributed by atoms with van der Waals surface area (Å²) < 4.78 is 7.26. The van der Waals surface area contributed by atoms with Crippen LogP contribution >= 0.6 is 31.9 Å². The lowest BCUT2D eigenvalue weighted by molar-refractivity contribution is -0.133. The quantitative estimate of drug-likeness (QED) is 0.791. The third-order valence-corrected chi connectivity index (χ3v) is 4.46. The monoisotopic (exact) mass is 404 g/mol. The molecule has 1 fully saturated rings. The Labute approximate surface area is 135 Å². The molecule has 1 amide bonds. The summed E-state index contributed by atoms with van der Waals surface area (Å²) in [6.45, 7) is 3.25. The van der Waals surface area contributed by atoms with E-state index in [4.69, 9.17) is 10.5 Å². The first-order chi connectivity index (χ1) is 9.56. The van der Waals surface area contributed by atoms with Gasteiger partial charge in [0, 0.05) is 19.1 Å². The number of amides is 1. The number of nitrogens with zero attached hydrogens (tertiary/aromatic N) is 1. The maximum Gasteiger partial charge on any atom is 0.260 e. The number of halogens is 2. The Bertz CT molecular complexity index is 481. The Balaban J connectivity index is 2.01. The minimum Gasteiger partial charge on any atom is -0.481 e. The molecular formula is C14H18Br2N2O2. The van der Waals surface area contributed by atoms with Crippen molar-refractivity contribution in [2.24, 2.45) is 5.73 Å². The lowest BCUT2D eigenvalue weighted by Crippen LogP contribution is -2.36. The van der Waals surface area contributed by atoms with E-state index in [0.717, 1.165) is 33.9 Å². The molecule has 2 rings (SSSR count). The first-order valence-corrected chi connectivity index (χ1v) is 8.25. The van der Waals surface area contributed by atoms with Gasteiger partial charge in [0.1, 0.15) is 5.75 Å². The van der Waals surface area contributed by atoms with Crippen LogP contribution in [0.1, 0.15) is 25.3 Å². The standard InChI is InChI=1S/C14H18Br2N2O2/c1-2-18(10-3-4-10)13(19)8-20-14-11(15)5-9(7-17)6-12(14)16/h5-6,10H,2-4,7-8,17H2,1H3. The fraction of sp³-hybridized carbons (Fsp3) is 0.500. The van der Waals surface area contributed by atoms with Crippen molar-refractivity contribution in [1.82, 2.24) is 4.90 Å². The van der Waals surface area contributed by atoms with E-state index in [1.807, 2.05) is 24.0 Å². The highest BCUT2D eigenvalue weighted by Gasteiger charge is 2.31. The average molecular weight is 406 g/mol. The Morgan fingerprint density at radius 2 is 2.00 bits per heavy atom. The maximum absolute atomic E-state index is 12.1. The predicted octanol–water partition coefficient (Wildman–Crippen LogP) is 3.06. The average Bonchev–Trinajstić information content (AvgIpc) is 3.23. The van der Waals surface area contributed by atoms with E-state index in [-0.39, 0.29) is 12.5 Å². The first-order valence-electron chi connectivity index (χ1n) is 6.67. The second-order valence-corrected chi connectivity index (χ2v) is 6.50. The van der Waals surface area contributed by atoms with Crippen molar-refractivity contribution in [3.63, 3.8) is 0 Å². The summed E-state index contributed by atoms with van der Waals surface area (Å²) in [6, 6.07) is 4.23. The van der Waals surface area contributed by atoms with Gasteiger partial charge in [-0.05, 0) is 69.3 Å². The number of hydrogen-bond acceptors (Lipinski definition) is 3. The van der Waals surface area contributed by atoms with Crippen LogP contribution in [0.15, 0.2) is 21.1 Å². The summed E-state index contributed by atoms with van der Waals surface area (Å²) in [5.41, 5.74) is 6.61. The summed E-state index contributed by atoms with van der Waals surface area (Å²) in [7, 11) is 0. The molecule has 1 aromatic carbocycles. The third-order valence-electron chi connectivity index (χ3n) is 3.28. The predicted molar refractivity (Wildman–Crippen MR) is 85.6 cm³/mol. The zero-order valence-corrected chi connectivity index (χ0v) is 14.5. The zero-order chi connectivity index (χ0) is 14.7. The molecule has 20 heavy (non-hydrogen) atoms. The normalized spacial score (nSPS) is 14.2. The molecule has 1 saturated carbocycles. The molecule has 1 aromatic rings. The van der Waals surface area contributed by atoms with Crippen molar-refractivity contribution >= 4 is 37.8 Å². The van der Waals surface area contributed by atoms with Gasteiger partial charge in [-0.2, -0.15) is 0 Å². The van der Waals surface area contributed by atoms with Gasteiger partial charge < -0.3 is 15.4 Å². The van der Waals surface area contributed by atoms with E-state index >= 15 is 0 Å². The molecule has 1 aliphatic rings. The van der Waals surface area contributed by atoms with Crippen LogP contribution in [0.25, 0.3) is 0 Å². The molecule has 0 heterocycles. The van der Waals surface area contributed by atoms with Crippen LogP contribution in [0, 0.1) is 0 Å². The molecule has 6 heteroatoms. The Kier molecular flexibility index (Phi) is 5.46. The van der Waals surface area contributed by atoms with Gasteiger partial charge in [0.15, 0.2) is 6.61 Å². The SMILES string of the molecule is CCN(C(=O)COc1c(Br)cc(CN)cc1Br)C1CC1. The van der Waals surface area contributed by atoms with Crippen molar-refractivity contribution < 1.29 is 9.53 Å². The highest BCUT2D eigenvalue weighted by Crippen LogP contribution is 2.35. The Morgan fingerprint density at radius 3 is 2.45 bits per heavy atom. The van der Waals surface area contributed by atoms with Crippen LogP contribution in [-0.2, 0) is 11.3 Å². The van der Waals surface area contributed by atoms with E-state index in [1.165, 1.54) is 0 Å². The fourth-order valence-corrected chi connectivity index (χ4v) is 3.62. The van der Waals surface area contributed by atoms with E-state index in [1.54, 1.807) is 0 Å². The number of carbonyl (C=O) groups is 1. The lowest BCUT2D eigenvalue weighted by Gasteiger charge is -2.21. The molecule has 0 aromatic heterocycles. The highest BCUT2D eigenvalue weighted by molar-refractivity contribution is 9.11. The molecule has 110 valence electrons. The van der Waals surface area contributed by atoms with E-state index < -0.39 is 0 Å². The highest BCUT2D eigenvalue weighted by atomic mass is 79.9. The number of ether oxygens (including phenoxy) is 1. The molecular weight excluding hydrogens is 388 g/mol. The van der Waals surface area contributed by atoms with Crippen molar-refractivity contribution in [3.05, 3.63) is 26.6 Å². The molecule has 4 nitrogen and oxygen atoms in total. The van der Waals surface area contributed by atoms with Crippen LogP contribution in [0.2, 0.25) is 0 Å². The number of hydrogen-bond donors (Lipinski definition) is 1. The second kappa shape index (κ2) is 6.91. The lowest BCUT2D eigenvalue weighted by atomic mass is 10.2. The molecule has 0 unspecified atom stereocenters. The van der Waals surface area contributed by atoms with Gasteiger partial charge >= 0.3 is 0 Å². The molecule has 0 atom stereocenters. The van der Waals surface area contributed by atoms with Crippen LogP contribution in [0.3, 0.4) is 0 Å². The maximum atomic E-state index is 12.1. The molecule has 0 spiro atoms. The van der Waals surface area contributed by atoms with Crippen molar-refractivity contribution in [2.45, 2.75) is 32.4 Å². The van der Waals surface area contributed by atoms with Crippen LogP contribution in [-0.4, -0.2) is 30.0 Å². The second-order valence-electron chi connectivity index (χ2n) is 4.79. The molecule has 0 saturated heterocycles. The number of rotatable bonds is 6. The van der Waals surface area contributed by atoms with Gasteiger partial charge in [-0.15, -0.1) is 0 Å². The number of likely N-dealkylation sites (N-methyl/N-ethyl adjacent to an activating group) is 1. The number of carbonyl (C=O) groups excluding carboxylic acids is 1. The minimum absolute atomic E-state index is 0.0386. The summed E-state index contributed by atoms with van der Waals surface area (Å²) in [6.07, 6.45) is 2.22. The molecule has 0 aliphatic heterocycles. The third kappa shape index (κ3) is 3.74. The number of nitrogens with two attached hydrogens (primary N) is 1. The zero-order valence-electron chi connectivity index (χ0n) is 11.4. The smallest absolute Gasteiger partial charge is 0.260 e. The van der Waals surface area contributed by atoms with Crippen molar-refractivity contribution in [3.8, 4) is 5.75 Å². The minimum atomic E-state index is 0.0386. The Morgan fingerprint density at radius 1 is 1.40 bits per heavy atom. The van der Waals surface area contributed by atoms with Gasteiger partial charge in [-0.25, -0.2) is 0 Å². The van der Waals surface area contributed by atoms with Crippen LogP contribution < -0.4 is 10.5 Å². The van der Waals surface area contributed by atoms with E-state index in [9.17, 15) is 4.79 Å². The molecule has 1 aliphatic carbocycles. The van der Waals surface area contributed by atoms with Gasteiger partial charge in [0.2, 0.25) is 0 Å². The van der Waals surface area contributed by atoms with Gasteiger partial charge in [0.05, 0.1) is 8.95 Å². The molecule has 0 bridgehead atoms. The van der Waals surface area contributed by atoms with Gasteiger partial charge in [-0.3, -0.25) is 4.79 Å². The van der Waals surface area contributed by atoms with Crippen molar-refractivity contribution in [2.75, 3.05) is 13.2 Å². The Hall–Kier alpha value is -0.590. The topological polar surface area (TPSA) is 55.6 Å². The summed E-state index contributed by atoms with van der Waals surface area (Å²) in [4.78, 5) is 14.0. The van der Waals surface area contributed by atoms with E-state index in [2.05, 4.69) is 31.9 Å². The van der Waals surface area contributed by atoms with Crippen molar-refractivity contribution in [1.29, 1.82) is 0 Å². The first kappa shape index (κ1) is 15.8. The molecule has 0 radical (unpaired) electrons.